The van der Waals surface area contributed by atoms with Crippen molar-refractivity contribution in [3.05, 3.63) is 44.6 Å². The highest BCUT2D eigenvalue weighted by Gasteiger charge is 2.18. The van der Waals surface area contributed by atoms with Crippen LogP contribution in [0.15, 0.2) is 12.1 Å². The van der Waals surface area contributed by atoms with Crippen molar-refractivity contribution in [3.63, 3.8) is 0 Å². The number of hydrogen-bond acceptors (Lipinski definition) is 4. The fraction of sp³-hybridized carbons (Fsp3) is 0.357. The van der Waals surface area contributed by atoms with Gasteiger partial charge in [-0.15, -0.1) is 11.6 Å². The third-order valence-corrected chi connectivity index (χ3v) is 3.59. The van der Waals surface area contributed by atoms with Gasteiger partial charge in [-0.05, 0) is 32.4 Å². The van der Waals surface area contributed by atoms with Crippen molar-refractivity contribution in [1.82, 2.24) is 9.78 Å². The number of nitro benzene ring substituents is 1. The molecule has 0 radical (unpaired) electrons. The number of alkyl halides is 1. The van der Waals surface area contributed by atoms with E-state index < -0.39 is 4.92 Å². The Morgan fingerprint density at radius 2 is 2.00 bits per heavy atom. The molecule has 0 spiro atoms. The summed E-state index contributed by atoms with van der Waals surface area (Å²) >= 11 is 5.93. The van der Waals surface area contributed by atoms with Gasteiger partial charge in [0.1, 0.15) is 5.75 Å². The van der Waals surface area contributed by atoms with Gasteiger partial charge in [0.15, 0.2) is 0 Å². The zero-order valence-corrected chi connectivity index (χ0v) is 13.1. The fourth-order valence-corrected chi connectivity index (χ4v) is 2.46. The minimum atomic E-state index is -0.398. The molecular formula is C14H16ClN3O3. The number of benzene rings is 1. The smallest absolute Gasteiger partial charge is 0.272 e. The van der Waals surface area contributed by atoms with Crippen LogP contribution in [0.4, 0.5) is 5.69 Å². The number of nitrogens with zero attached hydrogens (tertiary/aromatic N) is 3. The first kappa shape index (κ1) is 15.3. The molecule has 6 nitrogen and oxygen atoms in total. The van der Waals surface area contributed by atoms with Gasteiger partial charge in [-0.2, -0.15) is 5.10 Å². The summed E-state index contributed by atoms with van der Waals surface area (Å²) < 4.78 is 7.51. The molecule has 0 aliphatic carbocycles. The van der Waals surface area contributed by atoms with E-state index in [-0.39, 0.29) is 5.69 Å². The van der Waals surface area contributed by atoms with Gasteiger partial charge >= 0.3 is 0 Å². The van der Waals surface area contributed by atoms with Crippen LogP contribution < -0.4 is 4.74 Å². The normalized spacial score (nSPS) is 10.7. The van der Waals surface area contributed by atoms with E-state index in [0.717, 1.165) is 11.3 Å². The van der Waals surface area contributed by atoms with Crippen molar-refractivity contribution in [1.29, 1.82) is 0 Å². The maximum atomic E-state index is 10.9. The van der Waals surface area contributed by atoms with E-state index in [1.807, 2.05) is 6.92 Å². The second-order valence-corrected chi connectivity index (χ2v) is 5.16. The molecule has 0 saturated carbocycles. The number of rotatable bonds is 4. The first-order valence-electron chi connectivity index (χ1n) is 6.37. The molecule has 0 atom stereocenters. The summed E-state index contributed by atoms with van der Waals surface area (Å²) in [6.45, 7) is 5.31. The molecule has 1 aromatic carbocycles. The minimum absolute atomic E-state index is 0.0820. The summed E-state index contributed by atoms with van der Waals surface area (Å²) in [4.78, 5) is 10.5. The van der Waals surface area contributed by atoms with Crippen molar-refractivity contribution in [2.45, 2.75) is 26.7 Å². The van der Waals surface area contributed by atoms with Crippen LogP contribution in [0.2, 0.25) is 0 Å². The molecule has 0 N–H and O–H groups in total. The zero-order chi connectivity index (χ0) is 15.7. The first-order valence-corrected chi connectivity index (χ1v) is 6.90. The quantitative estimate of drug-likeness (QED) is 0.489. The molecule has 0 aliphatic rings. The van der Waals surface area contributed by atoms with Gasteiger partial charge < -0.3 is 4.74 Å². The molecule has 0 unspecified atom stereocenters. The van der Waals surface area contributed by atoms with Crippen molar-refractivity contribution < 1.29 is 9.66 Å². The molecule has 1 aromatic heterocycles. The Kier molecular flexibility index (Phi) is 4.18. The van der Waals surface area contributed by atoms with Crippen molar-refractivity contribution in [2.75, 3.05) is 0 Å². The van der Waals surface area contributed by atoms with Crippen molar-refractivity contribution in [3.8, 4) is 11.6 Å². The summed E-state index contributed by atoms with van der Waals surface area (Å²) in [5.74, 6) is 1.41. The van der Waals surface area contributed by atoms with Crippen LogP contribution in [0.5, 0.6) is 11.6 Å². The number of nitro groups is 1. The molecule has 0 aliphatic heterocycles. The fourth-order valence-electron chi connectivity index (χ4n) is 2.15. The third kappa shape index (κ3) is 2.85. The van der Waals surface area contributed by atoms with Gasteiger partial charge in [-0.1, -0.05) is 0 Å². The van der Waals surface area contributed by atoms with E-state index in [2.05, 4.69) is 5.10 Å². The predicted molar refractivity (Wildman–Crippen MR) is 80.1 cm³/mol. The highest BCUT2D eigenvalue weighted by molar-refractivity contribution is 6.17. The Morgan fingerprint density at radius 3 is 2.57 bits per heavy atom. The predicted octanol–water partition coefficient (Wildman–Crippen LogP) is 3.78. The van der Waals surface area contributed by atoms with Crippen LogP contribution in [-0.2, 0) is 12.9 Å². The molecular weight excluding hydrogens is 294 g/mol. The highest BCUT2D eigenvalue weighted by Crippen LogP contribution is 2.33. The second-order valence-electron chi connectivity index (χ2n) is 4.89. The van der Waals surface area contributed by atoms with E-state index in [1.54, 1.807) is 31.6 Å². The van der Waals surface area contributed by atoms with Crippen molar-refractivity contribution in [2.24, 2.45) is 7.05 Å². The molecule has 1 heterocycles. The van der Waals surface area contributed by atoms with E-state index in [4.69, 9.17) is 16.3 Å². The van der Waals surface area contributed by atoms with Gasteiger partial charge in [-0.25, -0.2) is 4.68 Å². The molecule has 7 heteroatoms. The van der Waals surface area contributed by atoms with E-state index in [1.165, 1.54) is 6.07 Å². The average Bonchev–Trinajstić information content (AvgIpc) is 2.67. The van der Waals surface area contributed by atoms with Gasteiger partial charge in [0.25, 0.3) is 5.69 Å². The van der Waals surface area contributed by atoms with Crippen LogP contribution in [0.3, 0.4) is 0 Å². The van der Waals surface area contributed by atoms with Gasteiger partial charge in [0, 0.05) is 18.7 Å². The third-order valence-electron chi connectivity index (χ3n) is 3.32. The van der Waals surface area contributed by atoms with Crippen LogP contribution in [0.25, 0.3) is 0 Å². The van der Waals surface area contributed by atoms with Gasteiger partial charge in [0.05, 0.1) is 22.1 Å². The van der Waals surface area contributed by atoms with Crippen LogP contribution in [-0.4, -0.2) is 14.7 Å². The lowest BCUT2D eigenvalue weighted by atomic mass is 10.1. The standard InChI is InChI=1S/C14H16ClN3O3/c1-8-6-13(9(2)5-12(8)18(19)20)21-14-11(7-15)10(3)16-17(14)4/h5-6H,7H2,1-4H3. The Labute approximate surface area is 127 Å². The monoisotopic (exact) mass is 309 g/mol. The number of hydrogen-bond donors (Lipinski definition) is 0. The zero-order valence-electron chi connectivity index (χ0n) is 12.3. The molecule has 0 fully saturated rings. The Bertz CT molecular complexity index is 710. The maximum absolute atomic E-state index is 10.9. The summed E-state index contributed by atoms with van der Waals surface area (Å²) in [7, 11) is 1.77. The van der Waals surface area contributed by atoms with Crippen LogP contribution >= 0.6 is 11.6 Å². The maximum Gasteiger partial charge on any atom is 0.272 e. The topological polar surface area (TPSA) is 70.2 Å². The Morgan fingerprint density at radius 1 is 1.33 bits per heavy atom. The summed E-state index contributed by atoms with van der Waals surface area (Å²) in [6.07, 6.45) is 0. The average molecular weight is 310 g/mol. The molecule has 0 amide bonds. The SMILES string of the molecule is Cc1cc([N+](=O)[O-])c(C)cc1Oc1c(CCl)c(C)nn1C. The van der Waals surface area contributed by atoms with Gasteiger partial charge in [0.2, 0.25) is 5.88 Å². The van der Waals surface area contributed by atoms with Gasteiger partial charge in [-0.3, -0.25) is 10.1 Å². The summed E-state index contributed by atoms with van der Waals surface area (Å²) in [6, 6.07) is 3.17. The molecule has 2 rings (SSSR count). The lowest BCUT2D eigenvalue weighted by Gasteiger charge is -2.11. The Balaban J connectivity index is 2.46. The molecule has 2 aromatic rings. The number of aryl methyl sites for hydroxylation is 4. The molecule has 21 heavy (non-hydrogen) atoms. The molecule has 0 saturated heterocycles. The number of ether oxygens (including phenoxy) is 1. The van der Waals surface area contributed by atoms with Crippen LogP contribution in [0, 0.1) is 30.9 Å². The Hall–Kier alpha value is -2.08. The highest BCUT2D eigenvalue weighted by atomic mass is 35.5. The summed E-state index contributed by atoms with van der Waals surface area (Å²) in [5.41, 5.74) is 2.94. The van der Waals surface area contributed by atoms with Crippen LogP contribution in [0.1, 0.15) is 22.4 Å². The van der Waals surface area contributed by atoms with E-state index >= 15 is 0 Å². The van der Waals surface area contributed by atoms with E-state index in [9.17, 15) is 10.1 Å². The largest absolute Gasteiger partial charge is 0.439 e. The second kappa shape index (κ2) is 5.73. The first-order chi connectivity index (χ1) is 9.85. The summed E-state index contributed by atoms with van der Waals surface area (Å²) in [5, 5.41) is 15.2. The lowest BCUT2D eigenvalue weighted by molar-refractivity contribution is -0.385. The number of aromatic nitrogens is 2. The molecule has 0 bridgehead atoms. The van der Waals surface area contributed by atoms with E-state index in [0.29, 0.717) is 28.6 Å². The lowest BCUT2D eigenvalue weighted by Crippen LogP contribution is -1.99. The number of halogens is 1. The van der Waals surface area contributed by atoms with Crippen molar-refractivity contribution >= 4 is 17.3 Å². The minimum Gasteiger partial charge on any atom is -0.439 e. The molecule has 112 valence electrons.